The number of carboxylic acids is 2. The lowest BCUT2D eigenvalue weighted by Crippen LogP contribution is -2.32. The summed E-state index contributed by atoms with van der Waals surface area (Å²) in [4.78, 5) is 25.7. The summed E-state index contributed by atoms with van der Waals surface area (Å²) in [7, 11) is 4.09. The maximum absolute atomic E-state index is 9.55. The Balaban J connectivity index is 0.000000416. The zero-order valence-corrected chi connectivity index (χ0v) is 16.3. The van der Waals surface area contributed by atoms with Gasteiger partial charge in [-0.15, -0.1) is 0 Å². The molecule has 0 aliphatic carbocycles. The zero-order chi connectivity index (χ0) is 21.0. The van der Waals surface area contributed by atoms with Crippen molar-refractivity contribution in [2.24, 2.45) is 0 Å². The van der Waals surface area contributed by atoms with Crippen LogP contribution in [0.2, 0.25) is 0 Å². The van der Waals surface area contributed by atoms with E-state index in [0.717, 1.165) is 17.8 Å². The van der Waals surface area contributed by atoms with E-state index < -0.39 is 17.5 Å². The maximum Gasteiger partial charge on any atom is 0.328 e. The fourth-order valence-corrected chi connectivity index (χ4v) is 2.28. The standard InChI is InChI=1S/C17H22N2O.C4H4O4/c1-17(20-14-13-19(2)3,15-9-5-4-6-10-15)16-11-7-8-12-18-16;5-3(6)1-2-4(7)8/h4-12H,13-14H2,1-3H3;1-2H,(H,5,6)(H,7,8). The van der Waals surface area contributed by atoms with Gasteiger partial charge in [0.1, 0.15) is 5.60 Å². The molecule has 0 fully saturated rings. The molecular weight excluding hydrogens is 360 g/mol. The van der Waals surface area contributed by atoms with Crippen molar-refractivity contribution < 1.29 is 24.5 Å². The van der Waals surface area contributed by atoms with Crippen LogP contribution < -0.4 is 0 Å². The second-order valence-electron chi connectivity index (χ2n) is 6.28. The maximum atomic E-state index is 9.55. The molecule has 1 atom stereocenters. The van der Waals surface area contributed by atoms with Crippen molar-refractivity contribution in [2.45, 2.75) is 12.5 Å². The molecule has 0 radical (unpaired) electrons. The Bertz CT molecular complexity index is 705. The van der Waals surface area contributed by atoms with Crippen molar-refractivity contribution in [3.05, 3.63) is 78.1 Å². The Kier molecular flexibility index (Phi) is 9.56. The lowest BCUT2D eigenvalue weighted by molar-refractivity contribution is -0.134. The molecule has 7 nitrogen and oxygen atoms in total. The Morgan fingerprint density at radius 1 is 1.04 bits per heavy atom. The van der Waals surface area contributed by atoms with E-state index in [4.69, 9.17) is 14.9 Å². The van der Waals surface area contributed by atoms with Crippen LogP contribution in [0.15, 0.2) is 66.9 Å². The van der Waals surface area contributed by atoms with Crippen LogP contribution in [0.3, 0.4) is 0 Å². The fraction of sp³-hybridized carbons (Fsp3) is 0.286. The SMILES string of the molecule is CN(C)CCOC(C)(c1ccccc1)c1ccccn1.O=C(O)C=CC(=O)O. The first-order chi connectivity index (χ1) is 13.3. The van der Waals surface area contributed by atoms with Crippen molar-refractivity contribution in [1.82, 2.24) is 9.88 Å². The van der Waals surface area contributed by atoms with Crippen LogP contribution in [-0.2, 0) is 19.9 Å². The molecule has 1 aromatic carbocycles. The minimum atomic E-state index is -1.26. The first kappa shape index (κ1) is 23.0. The number of nitrogens with zero attached hydrogens (tertiary/aromatic N) is 2. The summed E-state index contributed by atoms with van der Waals surface area (Å²) in [5, 5.41) is 15.6. The van der Waals surface area contributed by atoms with Crippen LogP contribution in [0.4, 0.5) is 0 Å². The number of benzene rings is 1. The van der Waals surface area contributed by atoms with Crippen molar-refractivity contribution >= 4 is 11.9 Å². The van der Waals surface area contributed by atoms with E-state index in [1.54, 1.807) is 0 Å². The summed E-state index contributed by atoms with van der Waals surface area (Å²) in [6.07, 6.45) is 2.93. The van der Waals surface area contributed by atoms with Crippen LogP contribution in [0.25, 0.3) is 0 Å². The predicted molar refractivity (Wildman–Crippen MR) is 106 cm³/mol. The normalized spacial score (nSPS) is 12.9. The topological polar surface area (TPSA) is 100.0 Å². The molecule has 1 aromatic heterocycles. The average molecular weight is 386 g/mol. The lowest BCUT2D eigenvalue weighted by Gasteiger charge is -2.30. The summed E-state index contributed by atoms with van der Waals surface area (Å²) in [6.45, 7) is 3.63. The quantitative estimate of drug-likeness (QED) is 0.673. The minimum absolute atomic E-state index is 0.515. The molecule has 7 heteroatoms. The van der Waals surface area contributed by atoms with Gasteiger partial charge in [0, 0.05) is 24.9 Å². The second-order valence-corrected chi connectivity index (χ2v) is 6.28. The van der Waals surface area contributed by atoms with Gasteiger partial charge >= 0.3 is 11.9 Å². The number of ether oxygens (including phenoxy) is 1. The summed E-state index contributed by atoms with van der Waals surface area (Å²) in [6, 6.07) is 16.2. The third-order valence-corrected chi connectivity index (χ3v) is 3.78. The van der Waals surface area contributed by atoms with Crippen LogP contribution in [-0.4, -0.2) is 59.3 Å². The van der Waals surface area contributed by atoms with E-state index >= 15 is 0 Å². The molecule has 150 valence electrons. The number of rotatable bonds is 8. The van der Waals surface area contributed by atoms with Gasteiger partial charge in [-0.3, -0.25) is 4.98 Å². The molecule has 2 rings (SSSR count). The highest BCUT2D eigenvalue weighted by molar-refractivity contribution is 5.89. The van der Waals surface area contributed by atoms with Gasteiger partial charge in [-0.05, 0) is 38.7 Å². The van der Waals surface area contributed by atoms with Gasteiger partial charge in [-0.25, -0.2) is 9.59 Å². The highest BCUT2D eigenvalue weighted by Crippen LogP contribution is 2.31. The molecule has 0 bridgehead atoms. The summed E-state index contributed by atoms with van der Waals surface area (Å²) >= 11 is 0. The molecule has 2 aromatic rings. The predicted octanol–water partition coefficient (Wildman–Crippen LogP) is 2.64. The van der Waals surface area contributed by atoms with E-state index in [2.05, 4.69) is 28.9 Å². The van der Waals surface area contributed by atoms with E-state index in [1.807, 2.05) is 56.7 Å². The molecule has 0 aliphatic heterocycles. The van der Waals surface area contributed by atoms with Crippen LogP contribution in [0, 0.1) is 0 Å². The van der Waals surface area contributed by atoms with E-state index in [0.29, 0.717) is 18.8 Å². The Morgan fingerprint density at radius 2 is 1.61 bits per heavy atom. The summed E-state index contributed by atoms with van der Waals surface area (Å²) in [5.41, 5.74) is 1.54. The van der Waals surface area contributed by atoms with Gasteiger partial charge in [0.15, 0.2) is 0 Å². The first-order valence-electron chi connectivity index (χ1n) is 8.65. The molecule has 1 heterocycles. The number of aliphatic carboxylic acids is 2. The monoisotopic (exact) mass is 386 g/mol. The molecular formula is C21H26N2O5. The van der Waals surface area contributed by atoms with Gasteiger partial charge in [-0.1, -0.05) is 36.4 Å². The van der Waals surface area contributed by atoms with Crippen LogP contribution in [0.5, 0.6) is 0 Å². The largest absolute Gasteiger partial charge is 0.478 e. The highest BCUT2D eigenvalue weighted by Gasteiger charge is 2.31. The molecule has 0 aliphatic rings. The van der Waals surface area contributed by atoms with Gasteiger partial charge in [0.2, 0.25) is 0 Å². The van der Waals surface area contributed by atoms with Crippen LogP contribution >= 0.6 is 0 Å². The van der Waals surface area contributed by atoms with Gasteiger partial charge in [0.05, 0.1) is 12.3 Å². The number of carbonyl (C=O) groups is 2. The number of aromatic nitrogens is 1. The summed E-state index contributed by atoms with van der Waals surface area (Å²) in [5.74, 6) is -2.51. The van der Waals surface area contributed by atoms with Crippen molar-refractivity contribution in [1.29, 1.82) is 0 Å². The molecule has 2 N–H and O–H groups in total. The number of hydrogen-bond donors (Lipinski definition) is 2. The molecule has 0 spiro atoms. The smallest absolute Gasteiger partial charge is 0.328 e. The van der Waals surface area contributed by atoms with Crippen molar-refractivity contribution in [3.63, 3.8) is 0 Å². The van der Waals surface area contributed by atoms with Crippen LogP contribution in [0.1, 0.15) is 18.2 Å². The van der Waals surface area contributed by atoms with E-state index in [9.17, 15) is 9.59 Å². The summed E-state index contributed by atoms with van der Waals surface area (Å²) < 4.78 is 6.21. The van der Waals surface area contributed by atoms with Crippen molar-refractivity contribution in [2.75, 3.05) is 27.2 Å². The van der Waals surface area contributed by atoms with E-state index in [1.165, 1.54) is 0 Å². The minimum Gasteiger partial charge on any atom is -0.478 e. The van der Waals surface area contributed by atoms with Gasteiger partial charge < -0.3 is 19.8 Å². The first-order valence-corrected chi connectivity index (χ1v) is 8.65. The van der Waals surface area contributed by atoms with Gasteiger partial charge in [0.25, 0.3) is 0 Å². The number of pyridine rings is 1. The fourth-order valence-electron chi connectivity index (χ4n) is 2.28. The molecule has 0 saturated carbocycles. The zero-order valence-electron chi connectivity index (χ0n) is 16.3. The molecule has 28 heavy (non-hydrogen) atoms. The number of likely N-dealkylation sites (N-methyl/N-ethyl adjacent to an activating group) is 1. The number of carboxylic acid groups (broad SMARTS) is 2. The molecule has 0 saturated heterocycles. The van der Waals surface area contributed by atoms with E-state index in [-0.39, 0.29) is 0 Å². The Morgan fingerprint density at radius 3 is 2.07 bits per heavy atom. The Labute approximate surface area is 164 Å². The van der Waals surface area contributed by atoms with Gasteiger partial charge in [-0.2, -0.15) is 0 Å². The second kappa shape index (κ2) is 11.6. The highest BCUT2D eigenvalue weighted by atomic mass is 16.5. The van der Waals surface area contributed by atoms with Crippen molar-refractivity contribution in [3.8, 4) is 0 Å². The molecule has 0 amide bonds. The third-order valence-electron chi connectivity index (χ3n) is 3.78. The third kappa shape index (κ3) is 8.11. The average Bonchev–Trinajstić information content (AvgIpc) is 2.68. The molecule has 1 unspecified atom stereocenters. The lowest BCUT2D eigenvalue weighted by atomic mass is 9.91. The Hall–Kier alpha value is -3.03. The number of hydrogen-bond acceptors (Lipinski definition) is 5.